The molecule has 0 bridgehead atoms. The van der Waals surface area contributed by atoms with Crippen LogP contribution in [0.1, 0.15) is 57.7 Å². The molecule has 0 atom stereocenters. The maximum Gasteiger partial charge on any atom is 0.188 e. The van der Waals surface area contributed by atoms with Crippen LogP contribution in [-0.2, 0) is 5.41 Å². The topological polar surface area (TPSA) is 40.5 Å². The zero-order valence-electron chi connectivity index (χ0n) is 16.1. The summed E-state index contributed by atoms with van der Waals surface area (Å²) in [7, 11) is 0. The molecule has 0 saturated heterocycles. The van der Waals surface area contributed by atoms with E-state index in [0.29, 0.717) is 5.56 Å². The molecule has 0 heterocycles. The van der Waals surface area contributed by atoms with Gasteiger partial charge in [-0.2, -0.15) is 0 Å². The van der Waals surface area contributed by atoms with Gasteiger partial charge in [0.05, 0.1) is 0 Å². The van der Waals surface area contributed by atoms with Crippen LogP contribution < -0.4 is 0 Å². The van der Waals surface area contributed by atoms with Crippen molar-refractivity contribution in [2.75, 3.05) is 0 Å². The molecule has 0 aliphatic heterocycles. The fourth-order valence-corrected chi connectivity index (χ4v) is 3.58. The first-order valence-electron chi connectivity index (χ1n) is 8.55. The molecule has 0 aliphatic rings. The SMILES string of the molecule is CC(C)(C)CC(C)(C)c1ccccc1C(O)=S.OC(=S)c1ccccc1. The molecule has 0 radical (unpaired) electrons. The van der Waals surface area contributed by atoms with Crippen molar-refractivity contribution in [3.8, 4) is 0 Å². The van der Waals surface area contributed by atoms with Crippen LogP contribution in [0, 0.1) is 5.41 Å². The average molecular weight is 389 g/mol. The maximum absolute atomic E-state index is 9.60. The first kappa shape index (κ1) is 22.3. The van der Waals surface area contributed by atoms with Gasteiger partial charge in [0.15, 0.2) is 10.1 Å². The summed E-state index contributed by atoms with van der Waals surface area (Å²) in [5.41, 5.74) is 2.86. The van der Waals surface area contributed by atoms with Gasteiger partial charge in [-0.15, -0.1) is 0 Å². The quantitative estimate of drug-likeness (QED) is 0.582. The summed E-state index contributed by atoms with van der Waals surface area (Å²) in [5.74, 6) is 0. The summed E-state index contributed by atoms with van der Waals surface area (Å²) in [6, 6.07) is 16.9. The van der Waals surface area contributed by atoms with Gasteiger partial charge in [0.1, 0.15) is 0 Å². The van der Waals surface area contributed by atoms with Crippen molar-refractivity contribution in [1.82, 2.24) is 0 Å². The Morgan fingerprint density at radius 3 is 1.69 bits per heavy atom. The van der Waals surface area contributed by atoms with Crippen molar-refractivity contribution in [2.24, 2.45) is 5.41 Å². The van der Waals surface area contributed by atoms with Gasteiger partial charge in [0, 0.05) is 11.1 Å². The van der Waals surface area contributed by atoms with E-state index >= 15 is 0 Å². The molecule has 140 valence electrons. The Bertz CT molecular complexity index is 744. The molecule has 2 rings (SSSR count). The zero-order chi connectivity index (χ0) is 20.0. The fourth-order valence-electron chi connectivity index (χ4n) is 3.26. The smallest absolute Gasteiger partial charge is 0.188 e. The minimum Gasteiger partial charge on any atom is -0.499 e. The highest BCUT2D eigenvalue weighted by Gasteiger charge is 2.29. The van der Waals surface area contributed by atoms with E-state index in [9.17, 15) is 5.11 Å². The van der Waals surface area contributed by atoms with Gasteiger partial charge in [-0.1, -0.05) is 89.2 Å². The van der Waals surface area contributed by atoms with Crippen LogP contribution in [0.4, 0.5) is 0 Å². The summed E-state index contributed by atoms with van der Waals surface area (Å²) in [5, 5.41) is 18.3. The third kappa shape index (κ3) is 7.22. The molecule has 0 unspecified atom stereocenters. The van der Waals surface area contributed by atoms with Gasteiger partial charge < -0.3 is 10.2 Å². The Hall–Kier alpha value is -1.78. The number of benzene rings is 2. The Kier molecular flexibility index (Phi) is 7.91. The summed E-state index contributed by atoms with van der Waals surface area (Å²) in [6.45, 7) is 11.1. The standard InChI is InChI=1S/C15H22OS.C7H6OS/c1-14(2,3)10-15(4,5)12-9-7-6-8-11(12)13(16)17;8-7(9)6-4-2-1-3-5-6/h6-9H,10H2,1-5H3,(H,16,17);1-5H,(H,8,9). The summed E-state index contributed by atoms with van der Waals surface area (Å²) in [4.78, 5) is 0. The number of hydrogen-bond donors (Lipinski definition) is 2. The van der Waals surface area contributed by atoms with Gasteiger partial charge in [0.2, 0.25) is 0 Å². The van der Waals surface area contributed by atoms with Gasteiger partial charge in [-0.05, 0) is 47.3 Å². The van der Waals surface area contributed by atoms with Crippen molar-refractivity contribution < 1.29 is 10.2 Å². The molecule has 4 heteroatoms. The third-order valence-corrected chi connectivity index (χ3v) is 4.34. The fraction of sp³-hybridized carbons (Fsp3) is 0.364. The van der Waals surface area contributed by atoms with Crippen LogP contribution in [0.15, 0.2) is 54.6 Å². The molecule has 0 amide bonds. The van der Waals surface area contributed by atoms with Crippen LogP contribution in [0.2, 0.25) is 0 Å². The second-order valence-corrected chi connectivity index (χ2v) is 8.92. The predicted molar refractivity (Wildman–Crippen MR) is 119 cm³/mol. The Balaban J connectivity index is 0.000000314. The number of rotatable bonds is 4. The van der Waals surface area contributed by atoms with E-state index in [-0.39, 0.29) is 20.9 Å². The summed E-state index contributed by atoms with van der Waals surface area (Å²) in [6.07, 6.45) is 1.04. The predicted octanol–water partition coefficient (Wildman–Crippen LogP) is 6.55. The lowest BCUT2D eigenvalue weighted by molar-refractivity contribution is 0.283. The van der Waals surface area contributed by atoms with Gasteiger partial charge in [0.25, 0.3) is 0 Å². The second-order valence-electron chi connectivity index (χ2n) is 8.14. The first-order chi connectivity index (χ1) is 11.9. The van der Waals surface area contributed by atoms with Crippen LogP contribution in [0.3, 0.4) is 0 Å². The molecular weight excluding hydrogens is 360 g/mol. The highest BCUT2D eigenvalue weighted by molar-refractivity contribution is 7.80. The third-order valence-electron chi connectivity index (χ3n) is 3.88. The van der Waals surface area contributed by atoms with Crippen LogP contribution in [0.25, 0.3) is 0 Å². The second kappa shape index (κ2) is 9.24. The highest BCUT2D eigenvalue weighted by atomic mass is 32.1. The summed E-state index contributed by atoms with van der Waals surface area (Å²) >= 11 is 9.43. The van der Waals surface area contributed by atoms with E-state index in [0.717, 1.165) is 17.5 Å². The van der Waals surface area contributed by atoms with Crippen molar-refractivity contribution in [3.63, 3.8) is 0 Å². The molecule has 0 saturated carbocycles. The maximum atomic E-state index is 9.60. The molecule has 2 N–H and O–H groups in total. The first-order valence-corrected chi connectivity index (χ1v) is 9.37. The lowest BCUT2D eigenvalue weighted by atomic mass is 9.71. The minimum absolute atomic E-state index is 0.00162. The molecule has 0 spiro atoms. The molecule has 2 aromatic rings. The largest absolute Gasteiger partial charge is 0.499 e. The molecule has 26 heavy (non-hydrogen) atoms. The van der Waals surface area contributed by atoms with E-state index in [1.54, 1.807) is 12.1 Å². The van der Waals surface area contributed by atoms with Crippen molar-refractivity contribution >= 4 is 34.5 Å². The number of aliphatic hydroxyl groups is 2. The van der Waals surface area contributed by atoms with Crippen LogP contribution in [-0.4, -0.2) is 20.3 Å². The Morgan fingerprint density at radius 2 is 1.27 bits per heavy atom. The number of aliphatic hydroxyl groups excluding tert-OH is 2. The molecule has 2 aromatic carbocycles. The van der Waals surface area contributed by atoms with Gasteiger partial charge in [-0.25, -0.2) is 0 Å². The molecule has 2 nitrogen and oxygen atoms in total. The monoisotopic (exact) mass is 388 g/mol. The summed E-state index contributed by atoms with van der Waals surface area (Å²) < 4.78 is 0. The van der Waals surface area contributed by atoms with Crippen LogP contribution >= 0.6 is 24.4 Å². The average Bonchev–Trinajstić information content (AvgIpc) is 2.54. The van der Waals surface area contributed by atoms with E-state index < -0.39 is 0 Å². The number of thiocarbonyl (C=S) groups is 2. The van der Waals surface area contributed by atoms with Crippen LogP contribution in [0.5, 0.6) is 0 Å². The van der Waals surface area contributed by atoms with Crippen molar-refractivity contribution in [1.29, 1.82) is 0 Å². The molecule has 0 aromatic heterocycles. The minimum atomic E-state index is -0.0457. The molecule has 0 aliphatic carbocycles. The zero-order valence-corrected chi connectivity index (χ0v) is 17.7. The molecule has 0 fully saturated rings. The van der Waals surface area contributed by atoms with E-state index in [1.807, 2.05) is 36.4 Å². The normalized spacial score (nSPS) is 11.3. The lowest BCUT2D eigenvalue weighted by Crippen LogP contribution is -2.26. The Labute approximate surface area is 167 Å². The number of hydrogen-bond acceptors (Lipinski definition) is 2. The Morgan fingerprint density at radius 1 is 0.769 bits per heavy atom. The van der Waals surface area contributed by atoms with Gasteiger partial charge in [-0.3, -0.25) is 0 Å². The van der Waals surface area contributed by atoms with E-state index in [1.165, 1.54) is 0 Å². The molecular formula is C22H28O2S2. The van der Waals surface area contributed by atoms with Crippen molar-refractivity contribution in [2.45, 2.75) is 46.5 Å². The lowest BCUT2D eigenvalue weighted by Gasteiger charge is -2.34. The van der Waals surface area contributed by atoms with E-state index in [2.05, 4.69) is 52.9 Å². The highest BCUT2D eigenvalue weighted by Crippen LogP contribution is 2.37. The van der Waals surface area contributed by atoms with Gasteiger partial charge >= 0.3 is 0 Å². The van der Waals surface area contributed by atoms with Crippen molar-refractivity contribution in [3.05, 3.63) is 71.3 Å². The van der Waals surface area contributed by atoms with E-state index in [4.69, 9.17) is 17.3 Å².